The molecule has 0 spiro atoms. The van der Waals surface area contributed by atoms with E-state index in [4.69, 9.17) is 16.3 Å². The molecule has 150 valence electrons. The van der Waals surface area contributed by atoms with Crippen LogP contribution in [0.15, 0.2) is 84.0 Å². The highest BCUT2D eigenvalue weighted by Crippen LogP contribution is 2.29. The molecule has 0 atom stereocenters. The number of ether oxygens (including phenoxy) is 1. The average Bonchev–Trinajstić information content (AvgIpc) is 3.25. The highest BCUT2D eigenvalue weighted by molar-refractivity contribution is 7.99. The van der Waals surface area contributed by atoms with Gasteiger partial charge in [0.1, 0.15) is 11.5 Å². The summed E-state index contributed by atoms with van der Waals surface area (Å²) in [7, 11) is 0. The first kappa shape index (κ1) is 19.9. The van der Waals surface area contributed by atoms with Gasteiger partial charge in [-0.15, -0.1) is 5.10 Å². The first-order chi connectivity index (χ1) is 14.7. The van der Waals surface area contributed by atoms with Crippen LogP contribution in [0, 0.1) is 0 Å². The van der Waals surface area contributed by atoms with Crippen molar-refractivity contribution in [3.63, 3.8) is 0 Å². The Bertz CT molecular complexity index is 1140. The fourth-order valence-electron chi connectivity index (χ4n) is 2.59. The molecule has 0 radical (unpaired) electrons. The van der Waals surface area contributed by atoms with E-state index in [-0.39, 0.29) is 11.7 Å². The minimum Gasteiger partial charge on any atom is -0.456 e. The van der Waals surface area contributed by atoms with E-state index in [1.165, 1.54) is 11.8 Å². The molecule has 0 aliphatic carbocycles. The van der Waals surface area contributed by atoms with Crippen LogP contribution in [0.1, 0.15) is 0 Å². The van der Waals surface area contributed by atoms with Crippen molar-refractivity contribution >= 4 is 35.0 Å². The summed E-state index contributed by atoms with van der Waals surface area (Å²) < 4.78 is 7.34. The number of carbonyl (C=O) groups is 1. The smallest absolute Gasteiger partial charge is 0.234 e. The van der Waals surface area contributed by atoms with Gasteiger partial charge in [-0.3, -0.25) is 4.79 Å². The molecule has 3 aromatic carbocycles. The zero-order valence-corrected chi connectivity index (χ0v) is 17.2. The van der Waals surface area contributed by atoms with Gasteiger partial charge < -0.3 is 10.1 Å². The lowest BCUT2D eigenvalue weighted by Crippen LogP contribution is -2.14. The Morgan fingerprint density at radius 1 is 1.00 bits per heavy atom. The van der Waals surface area contributed by atoms with E-state index in [1.54, 1.807) is 41.1 Å². The van der Waals surface area contributed by atoms with E-state index in [0.717, 1.165) is 5.69 Å². The fourth-order valence-corrected chi connectivity index (χ4v) is 3.45. The van der Waals surface area contributed by atoms with Gasteiger partial charge in [-0.2, -0.15) is 4.68 Å². The zero-order valence-electron chi connectivity index (χ0n) is 15.6. The summed E-state index contributed by atoms with van der Waals surface area (Å²) in [4.78, 5) is 12.3. The third-order valence-corrected chi connectivity index (χ3v) is 5.21. The summed E-state index contributed by atoms with van der Waals surface area (Å²) in [6.45, 7) is 0. The molecule has 7 nitrogen and oxygen atoms in total. The molecular weight excluding hydrogens is 422 g/mol. The number of anilines is 1. The normalized spacial score (nSPS) is 10.6. The molecule has 0 saturated heterocycles. The summed E-state index contributed by atoms with van der Waals surface area (Å²) in [5, 5.41) is 15.6. The Morgan fingerprint density at radius 2 is 1.73 bits per heavy atom. The second kappa shape index (κ2) is 9.43. The minimum absolute atomic E-state index is 0.164. The van der Waals surface area contributed by atoms with Gasteiger partial charge in [0.25, 0.3) is 0 Å². The van der Waals surface area contributed by atoms with Crippen molar-refractivity contribution in [3.8, 4) is 17.2 Å². The number of nitrogens with one attached hydrogen (secondary N) is 1. The van der Waals surface area contributed by atoms with Crippen molar-refractivity contribution in [2.45, 2.75) is 5.16 Å². The molecule has 0 aliphatic heterocycles. The summed E-state index contributed by atoms with van der Waals surface area (Å²) >= 11 is 7.36. The van der Waals surface area contributed by atoms with E-state index in [2.05, 4.69) is 20.8 Å². The number of hydrogen-bond acceptors (Lipinski definition) is 6. The van der Waals surface area contributed by atoms with Gasteiger partial charge in [0.05, 0.1) is 16.5 Å². The lowest BCUT2D eigenvalue weighted by molar-refractivity contribution is -0.113. The largest absolute Gasteiger partial charge is 0.456 e. The van der Waals surface area contributed by atoms with E-state index in [0.29, 0.717) is 27.4 Å². The summed E-state index contributed by atoms with van der Waals surface area (Å²) in [5.74, 6) is 1.20. The number of hydrogen-bond donors (Lipinski definition) is 1. The van der Waals surface area contributed by atoms with E-state index < -0.39 is 0 Å². The Labute approximate surface area is 182 Å². The summed E-state index contributed by atoms with van der Waals surface area (Å²) in [6, 6.07) is 23.8. The van der Waals surface area contributed by atoms with Crippen molar-refractivity contribution in [2.75, 3.05) is 11.1 Å². The van der Waals surface area contributed by atoms with Crippen LogP contribution in [0.3, 0.4) is 0 Å². The van der Waals surface area contributed by atoms with Gasteiger partial charge in [0, 0.05) is 5.69 Å². The number of halogens is 1. The fraction of sp³-hybridized carbons (Fsp3) is 0.0476. The maximum atomic E-state index is 12.3. The van der Waals surface area contributed by atoms with Crippen LogP contribution in [0.5, 0.6) is 11.5 Å². The van der Waals surface area contributed by atoms with Crippen LogP contribution in [0.4, 0.5) is 5.69 Å². The third-order valence-electron chi connectivity index (χ3n) is 3.98. The van der Waals surface area contributed by atoms with Gasteiger partial charge >= 0.3 is 0 Å². The molecule has 1 heterocycles. The molecule has 0 unspecified atom stereocenters. The van der Waals surface area contributed by atoms with E-state index >= 15 is 0 Å². The molecule has 30 heavy (non-hydrogen) atoms. The monoisotopic (exact) mass is 437 g/mol. The second-order valence-electron chi connectivity index (χ2n) is 6.10. The van der Waals surface area contributed by atoms with Crippen molar-refractivity contribution < 1.29 is 9.53 Å². The van der Waals surface area contributed by atoms with Gasteiger partial charge in [-0.05, 0) is 59.0 Å². The minimum atomic E-state index is -0.164. The van der Waals surface area contributed by atoms with Crippen LogP contribution in [0.2, 0.25) is 5.02 Å². The molecule has 1 aromatic heterocycles. The molecule has 4 aromatic rings. The molecule has 0 saturated carbocycles. The number of thioether (sulfide) groups is 1. The molecule has 9 heteroatoms. The first-order valence-electron chi connectivity index (χ1n) is 8.98. The maximum absolute atomic E-state index is 12.3. The Morgan fingerprint density at radius 3 is 2.50 bits per heavy atom. The van der Waals surface area contributed by atoms with Crippen molar-refractivity contribution in [3.05, 3.63) is 83.9 Å². The second-order valence-corrected chi connectivity index (χ2v) is 7.45. The van der Waals surface area contributed by atoms with Crippen LogP contribution < -0.4 is 10.1 Å². The Hall–Kier alpha value is -3.36. The predicted octanol–water partition coefficient (Wildman–Crippen LogP) is 4.84. The number of carbonyl (C=O) groups excluding carboxylic acids is 1. The van der Waals surface area contributed by atoms with Gasteiger partial charge in [0.2, 0.25) is 11.1 Å². The molecular formula is C21H16ClN5O2S. The molecule has 1 amide bonds. The zero-order chi connectivity index (χ0) is 20.8. The van der Waals surface area contributed by atoms with Crippen molar-refractivity contribution in [1.82, 2.24) is 20.2 Å². The number of nitrogens with zero attached hydrogens (tertiary/aromatic N) is 4. The highest BCUT2D eigenvalue weighted by Gasteiger charge is 2.12. The molecule has 0 aliphatic rings. The number of tetrazole rings is 1. The number of aromatic nitrogens is 4. The summed E-state index contributed by atoms with van der Waals surface area (Å²) in [6.07, 6.45) is 0. The van der Waals surface area contributed by atoms with Gasteiger partial charge in [-0.1, -0.05) is 53.7 Å². The Kier molecular flexibility index (Phi) is 6.26. The van der Waals surface area contributed by atoms with Crippen LogP contribution in [0.25, 0.3) is 5.69 Å². The van der Waals surface area contributed by atoms with E-state index in [9.17, 15) is 4.79 Å². The topological polar surface area (TPSA) is 81.9 Å². The highest BCUT2D eigenvalue weighted by atomic mass is 35.5. The lowest BCUT2D eigenvalue weighted by Gasteiger charge is -2.09. The van der Waals surface area contributed by atoms with Crippen molar-refractivity contribution in [2.24, 2.45) is 0 Å². The molecule has 4 rings (SSSR count). The average molecular weight is 438 g/mol. The SMILES string of the molecule is O=C(CSc1nnnn1-c1ccccc1)Nc1ccc(Oc2ccccc2Cl)cc1. The maximum Gasteiger partial charge on any atom is 0.234 e. The number of para-hydroxylation sites is 2. The molecule has 0 bridgehead atoms. The van der Waals surface area contributed by atoms with Crippen LogP contribution in [-0.2, 0) is 4.79 Å². The predicted molar refractivity (Wildman–Crippen MR) is 116 cm³/mol. The quantitative estimate of drug-likeness (QED) is 0.416. The van der Waals surface area contributed by atoms with Gasteiger partial charge in [-0.25, -0.2) is 0 Å². The number of benzene rings is 3. The first-order valence-corrected chi connectivity index (χ1v) is 10.3. The van der Waals surface area contributed by atoms with Crippen LogP contribution in [-0.4, -0.2) is 31.9 Å². The standard InChI is InChI=1S/C21H16ClN5O2S/c22-18-8-4-5-9-19(18)29-17-12-10-15(11-13-17)23-20(28)14-30-21-24-25-26-27(21)16-6-2-1-3-7-16/h1-13H,14H2,(H,23,28). The number of amides is 1. The van der Waals surface area contributed by atoms with E-state index in [1.807, 2.05) is 42.5 Å². The third kappa shape index (κ3) is 4.97. The van der Waals surface area contributed by atoms with Crippen molar-refractivity contribution in [1.29, 1.82) is 0 Å². The van der Waals surface area contributed by atoms with Gasteiger partial charge in [0.15, 0.2) is 0 Å². The number of rotatable bonds is 7. The lowest BCUT2D eigenvalue weighted by atomic mass is 10.3. The summed E-state index contributed by atoms with van der Waals surface area (Å²) in [5.41, 5.74) is 1.49. The Balaban J connectivity index is 1.33. The molecule has 1 N–H and O–H groups in total. The van der Waals surface area contributed by atoms with Crippen LogP contribution >= 0.6 is 23.4 Å². The molecule has 0 fully saturated rings.